The number of nitrogens with zero attached hydrogens (tertiary/aromatic N) is 2. The van der Waals surface area contributed by atoms with Crippen LogP contribution in [0.5, 0.6) is 0 Å². The predicted octanol–water partition coefficient (Wildman–Crippen LogP) is 3.90. The number of hydrogen-bond acceptors (Lipinski definition) is 3. The van der Waals surface area contributed by atoms with E-state index < -0.39 is 0 Å². The lowest BCUT2D eigenvalue weighted by molar-refractivity contribution is -0.131. The predicted molar refractivity (Wildman–Crippen MR) is 107 cm³/mol. The zero-order chi connectivity index (χ0) is 19.1. The molecular formula is C21H33N3O2. The zero-order valence-electron chi connectivity index (χ0n) is 16.6. The quantitative estimate of drug-likeness (QED) is 0.803. The van der Waals surface area contributed by atoms with Crippen molar-refractivity contribution in [2.24, 2.45) is 5.92 Å². The van der Waals surface area contributed by atoms with Crippen molar-refractivity contribution in [1.82, 2.24) is 4.90 Å². The van der Waals surface area contributed by atoms with Gasteiger partial charge in [-0.25, -0.2) is 0 Å². The molecule has 2 rings (SSSR count). The van der Waals surface area contributed by atoms with Crippen LogP contribution >= 0.6 is 0 Å². The van der Waals surface area contributed by atoms with Crippen molar-refractivity contribution in [2.75, 3.05) is 29.9 Å². The van der Waals surface area contributed by atoms with Crippen LogP contribution in [0, 0.1) is 5.92 Å². The molecule has 1 heterocycles. The Morgan fingerprint density at radius 1 is 1.23 bits per heavy atom. The summed E-state index contributed by atoms with van der Waals surface area (Å²) in [5.41, 5.74) is 2.02. The number of carbonyl (C=O) groups excluding carboxylic acids is 2. The Hall–Kier alpha value is -2.04. The molecule has 144 valence electrons. The van der Waals surface area contributed by atoms with Crippen LogP contribution in [-0.2, 0) is 9.59 Å². The first kappa shape index (κ1) is 20.3. The molecule has 1 aromatic rings. The van der Waals surface area contributed by atoms with Gasteiger partial charge in [-0.05, 0) is 56.4 Å². The number of carbonyl (C=O) groups is 2. The summed E-state index contributed by atoms with van der Waals surface area (Å²) >= 11 is 0. The minimum atomic E-state index is -0.0564. The summed E-state index contributed by atoms with van der Waals surface area (Å²) in [5.74, 6) is 0.779. The molecule has 0 bridgehead atoms. The number of nitrogens with one attached hydrogen (secondary N) is 1. The summed E-state index contributed by atoms with van der Waals surface area (Å²) in [6, 6.07) is 8.23. The minimum Gasteiger partial charge on any atom is -0.372 e. The van der Waals surface area contributed by atoms with Crippen molar-refractivity contribution in [3.63, 3.8) is 0 Å². The Bertz CT molecular complexity index is 592. The fraction of sp³-hybridized carbons (Fsp3) is 0.619. The van der Waals surface area contributed by atoms with Crippen molar-refractivity contribution in [3.8, 4) is 0 Å². The van der Waals surface area contributed by atoms with Crippen LogP contribution in [0.25, 0.3) is 0 Å². The molecule has 5 heteroatoms. The Labute approximate surface area is 157 Å². The largest absolute Gasteiger partial charge is 0.372 e. The van der Waals surface area contributed by atoms with Gasteiger partial charge < -0.3 is 15.1 Å². The molecule has 5 nitrogen and oxygen atoms in total. The molecule has 1 atom stereocenters. The van der Waals surface area contributed by atoms with Gasteiger partial charge in [-0.3, -0.25) is 9.59 Å². The second-order valence-electron chi connectivity index (χ2n) is 7.48. The van der Waals surface area contributed by atoms with Crippen LogP contribution < -0.4 is 10.2 Å². The lowest BCUT2D eigenvalue weighted by Crippen LogP contribution is -2.38. The first-order valence-corrected chi connectivity index (χ1v) is 9.82. The first-order chi connectivity index (χ1) is 12.4. The van der Waals surface area contributed by atoms with Gasteiger partial charge in [0, 0.05) is 50.4 Å². The molecule has 2 amide bonds. The molecule has 1 fully saturated rings. The van der Waals surface area contributed by atoms with Gasteiger partial charge in [0.25, 0.3) is 0 Å². The fourth-order valence-electron chi connectivity index (χ4n) is 3.38. The summed E-state index contributed by atoms with van der Waals surface area (Å²) in [6.45, 7) is 10.6. The summed E-state index contributed by atoms with van der Waals surface area (Å²) < 4.78 is 0. The third kappa shape index (κ3) is 5.75. The lowest BCUT2D eigenvalue weighted by Gasteiger charge is -2.32. The molecule has 0 aromatic heterocycles. The van der Waals surface area contributed by atoms with Gasteiger partial charge in [0.2, 0.25) is 11.8 Å². The third-order valence-corrected chi connectivity index (χ3v) is 5.41. The van der Waals surface area contributed by atoms with E-state index in [2.05, 4.69) is 29.3 Å². The molecule has 1 N–H and O–H groups in total. The molecule has 1 aromatic carbocycles. The van der Waals surface area contributed by atoms with E-state index in [1.54, 1.807) is 11.8 Å². The highest BCUT2D eigenvalue weighted by molar-refractivity contribution is 5.91. The molecule has 1 aliphatic rings. The highest BCUT2D eigenvalue weighted by Gasteiger charge is 2.17. The Morgan fingerprint density at radius 2 is 1.85 bits per heavy atom. The average molecular weight is 360 g/mol. The number of piperidine rings is 1. The summed E-state index contributed by atoms with van der Waals surface area (Å²) in [4.78, 5) is 28.1. The van der Waals surface area contributed by atoms with E-state index in [0.29, 0.717) is 13.0 Å². The van der Waals surface area contributed by atoms with E-state index in [1.165, 1.54) is 18.5 Å². The molecular weight excluding hydrogens is 326 g/mol. The van der Waals surface area contributed by atoms with Gasteiger partial charge in [0.1, 0.15) is 0 Å². The van der Waals surface area contributed by atoms with Crippen LogP contribution in [0.3, 0.4) is 0 Å². The molecule has 0 aliphatic carbocycles. The van der Waals surface area contributed by atoms with Gasteiger partial charge in [-0.2, -0.15) is 0 Å². The summed E-state index contributed by atoms with van der Waals surface area (Å²) in [5, 5.41) is 2.93. The van der Waals surface area contributed by atoms with Gasteiger partial charge in [-0.1, -0.05) is 13.8 Å². The van der Waals surface area contributed by atoms with E-state index in [0.717, 1.165) is 31.1 Å². The van der Waals surface area contributed by atoms with Crippen LogP contribution in [0.2, 0.25) is 0 Å². The molecule has 26 heavy (non-hydrogen) atoms. The van der Waals surface area contributed by atoms with Crippen molar-refractivity contribution in [2.45, 2.75) is 59.4 Å². The second-order valence-corrected chi connectivity index (χ2v) is 7.48. The first-order valence-electron chi connectivity index (χ1n) is 9.82. The van der Waals surface area contributed by atoms with Crippen LogP contribution in [0.15, 0.2) is 24.3 Å². The Balaban J connectivity index is 1.84. The average Bonchev–Trinajstić information content (AvgIpc) is 2.62. The van der Waals surface area contributed by atoms with Crippen molar-refractivity contribution in [1.29, 1.82) is 0 Å². The van der Waals surface area contributed by atoms with E-state index >= 15 is 0 Å². The maximum absolute atomic E-state index is 12.2. The van der Waals surface area contributed by atoms with E-state index in [1.807, 2.05) is 26.0 Å². The monoisotopic (exact) mass is 359 g/mol. The topological polar surface area (TPSA) is 52.7 Å². The second kappa shape index (κ2) is 9.60. The normalized spacial score (nSPS) is 16.2. The Kier molecular flexibility index (Phi) is 7.49. The van der Waals surface area contributed by atoms with E-state index in [9.17, 15) is 9.59 Å². The third-order valence-electron chi connectivity index (χ3n) is 5.41. The fourth-order valence-corrected chi connectivity index (χ4v) is 3.38. The maximum Gasteiger partial charge on any atom is 0.226 e. The number of anilines is 2. The van der Waals surface area contributed by atoms with Gasteiger partial charge in [0.15, 0.2) is 0 Å². The number of benzene rings is 1. The summed E-state index contributed by atoms with van der Waals surface area (Å²) in [7, 11) is 0. The zero-order valence-corrected chi connectivity index (χ0v) is 16.6. The molecule has 0 spiro atoms. The van der Waals surface area contributed by atoms with Crippen molar-refractivity contribution in [3.05, 3.63) is 24.3 Å². The molecule has 0 saturated carbocycles. The smallest absolute Gasteiger partial charge is 0.226 e. The SMILES string of the molecule is CCC(C)N(CCC(=O)Nc1ccc(N2CCC(C)CC2)cc1)C(C)=O. The highest BCUT2D eigenvalue weighted by Crippen LogP contribution is 2.24. The Morgan fingerprint density at radius 3 is 2.38 bits per heavy atom. The van der Waals surface area contributed by atoms with Crippen molar-refractivity contribution < 1.29 is 9.59 Å². The lowest BCUT2D eigenvalue weighted by atomic mass is 9.99. The standard InChI is InChI=1S/C21H33N3O2/c1-5-17(3)24(18(4)25)15-12-21(26)22-19-6-8-20(9-7-19)23-13-10-16(2)11-14-23/h6-9,16-17H,5,10-15H2,1-4H3,(H,22,26). The molecule has 1 aliphatic heterocycles. The summed E-state index contributed by atoms with van der Waals surface area (Å²) in [6.07, 6.45) is 3.68. The van der Waals surface area contributed by atoms with E-state index in [4.69, 9.17) is 0 Å². The molecule has 0 radical (unpaired) electrons. The number of hydrogen-bond donors (Lipinski definition) is 1. The van der Waals surface area contributed by atoms with Crippen molar-refractivity contribution >= 4 is 23.2 Å². The number of rotatable bonds is 7. The van der Waals surface area contributed by atoms with Gasteiger partial charge >= 0.3 is 0 Å². The van der Waals surface area contributed by atoms with Gasteiger partial charge in [-0.15, -0.1) is 0 Å². The highest BCUT2D eigenvalue weighted by atomic mass is 16.2. The van der Waals surface area contributed by atoms with Gasteiger partial charge in [0.05, 0.1) is 0 Å². The maximum atomic E-state index is 12.2. The van der Waals surface area contributed by atoms with Crippen LogP contribution in [0.1, 0.15) is 53.4 Å². The van der Waals surface area contributed by atoms with E-state index in [-0.39, 0.29) is 17.9 Å². The number of amides is 2. The molecule has 1 saturated heterocycles. The van der Waals surface area contributed by atoms with Crippen LogP contribution in [-0.4, -0.2) is 42.4 Å². The molecule has 1 unspecified atom stereocenters. The minimum absolute atomic E-state index is 0.0207. The van der Waals surface area contributed by atoms with Crippen LogP contribution in [0.4, 0.5) is 11.4 Å².